The van der Waals surface area contributed by atoms with Crippen LogP contribution in [-0.2, 0) is 0 Å². The Kier molecular flexibility index (Phi) is 1.83. The van der Waals surface area contributed by atoms with Crippen LogP contribution in [0.3, 0.4) is 0 Å². The molecule has 2 aromatic heterocycles. The molecule has 4 nitrogen and oxygen atoms in total. The number of hydrogen-bond acceptors (Lipinski definition) is 4. The Labute approximate surface area is 91.9 Å². The van der Waals surface area contributed by atoms with Gasteiger partial charge in [-0.05, 0) is 31.0 Å². The van der Waals surface area contributed by atoms with E-state index in [1.54, 1.807) is 0 Å². The van der Waals surface area contributed by atoms with Crippen LogP contribution in [-0.4, -0.2) is 10.1 Å². The third kappa shape index (κ3) is 1.23. The molecule has 80 valence electrons. The number of aryl methyl sites for hydroxylation is 2. The normalized spacial score (nSPS) is 11.1. The quantitative estimate of drug-likeness (QED) is 0.624. The maximum absolute atomic E-state index is 5.73. The molecule has 0 aliphatic heterocycles. The van der Waals surface area contributed by atoms with Crippen LogP contribution in [0.2, 0.25) is 0 Å². The molecule has 0 amide bonds. The third-order valence-corrected chi connectivity index (χ3v) is 2.67. The first-order chi connectivity index (χ1) is 7.75. The van der Waals surface area contributed by atoms with Crippen molar-refractivity contribution in [3.8, 4) is 11.7 Å². The molecule has 0 aliphatic rings. The molecule has 2 heterocycles. The van der Waals surface area contributed by atoms with Crippen LogP contribution in [0.1, 0.15) is 11.1 Å². The summed E-state index contributed by atoms with van der Waals surface area (Å²) in [6, 6.07) is 6.05. The van der Waals surface area contributed by atoms with Crippen LogP contribution in [0.25, 0.3) is 22.6 Å². The first kappa shape index (κ1) is 9.15. The van der Waals surface area contributed by atoms with E-state index in [1.165, 1.54) is 11.9 Å². The Morgan fingerprint density at radius 1 is 1.12 bits per heavy atom. The van der Waals surface area contributed by atoms with Crippen molar-refractivity contribution in [3.63, 3.8) is 0 Å². The Balaban J connectivity index is 2.31. The highest BCUT2D eigenvalue weighted by molar-refractivity contribution is 5.87. The number of rotatable bonds is 1. The molecule has 3 rings (SSSR count). The Morgan fingerprint density at radius 3 is 2.62 bits per heavy atom. The molecule has 16 heavy (non-hydrogen) atoms. The Hall–Kier alpha value is -2.10. The lowest BCUT2D eigenvalue weighted by Gasteiger charge is -1.96. The van der Waals surface area contributed by atoms with Crippen molar-refractivity contribution in [1.82, 2.24) is 10.1 Å². The number of furan rings is 1. The zero-order valence-corrected chi connectivity index (χ0v) is 9.02. The largest absolute Gasteiger partial charge is 0.451 e. The molecule has 0 radical (unpaired) electrons. The van der Waals surface area contributed by atoms with E-state index in [0.717, 1.165) is 16.5 Å². The summed E-state index contributed by atoms with van der Waals surface area (Å²) in [5.74, 6) is 1.03. The van der Waals surface area contributed by atoms with Crippen LogP contribution < -0.4 is 0 Å². The molecule has 4 heteroatoms. The molecule has 0 aliphatic carbocycles. The molecule has 0 saturated heterocycles. The van der Waals surface area contributed by atoms with Gasteiger partial charge in [0.1, 0.15) is 5.58 Å². The summed E-state index contributed by atoms with van der Waals surface area (Å²) in [4.78, 5) is 3.97. The fraction of sp³-hybridized carbons (Fsp3) is 0.167. The molecule has 0 bridgehead atoms. The fourth-order valence-electron chi connectivity index (χ4n) is 1.78. The molecule has 0 saturated carbocycles. The van der Waals surface area contributed by atoms with Crippen molar-refractivity contribution in [2.75, 3.05) is 0 Å². The second-order valence-electron chi connectivity index (χ2n) is 3.80. The molecule has 0 unspecified atom stereocenters. The number of hydrogen-bond donors (Lipinski definition) is 0. The van der Waals surface area contributed by atoms with Crippen LogP contribution in [0.4, 0.5) is 0 Å². The molecule has 1 aromatic carbocycles. The summed E-state index contributed by atoms with van der Waals surface area (Å²) in [6.07, 6.45) is 1.36. The molecule has 0 atom stereocenters. The average Bonchev–Trinajstić information content (AvgIpc) is 2.90. The smallest absolute Gasteiger partial charge is 0.293 e. The molecular weight excluding hydrogens is 204 g/mol. The molecule has 3 aromatic rings. The van der Waals surface area contributed by atoms with Crippen LogP contribution in [0.5, 0.6) is 0 Å². The minimum atomic E-state index is 0.412. The molecule has 0 fully saturated rings. The summed E-state index contributed by atoms with van der Waals surface area (Å²) in [5, 5.41) is 4.66. The first-order valence-corrected chi connectivity index (χ1v) is 5.02. The van der Waals surface area contributed by atoms with Crippen molar-refractivity contribution >= 4 is 11.0 Å². The van der Waals surface area contributed by atoms with Crippen molar-refractivity contribution in [2.24, 2.45) is 0 Å². The van der Waals surface area contributed by atoms with E-state index in [4.69, 9.17) is 8.94 Å². The van der Waals surface area contributed by atoms with E-state index in [-0.39, 0.29) is 0 Å². The summed E-state index contributed by atoms with van der Waals surface area (Å²) >= 11 is 0. The summed E-state index contributed by atoms with van der Waals surface area (Å²) in [6.45, 7) is 4.07. The molecule has 0 N–H and O–H groups in total. The van der Waals surface area contributed by atoms with Gasteiger partial charge in [-0.15, -0.1) is 0 Å². The standard InChI is InChI=1S/C12H10N2O2/c1-7-3-4-8(2)11-9(7)5-10(15-11)12-13-6-14-16-12/h3-6H,1-2H3. The zero-order valence-electron chi connectivity index (χ0n) is 9.02. The predicted molar refractivity (Wildman–Crippen MR) is 59.0 cm³/mol. The van der Waals surface area contributed by atoms with Gasteiger partial charge in [-0.25, -0.2) is 0 Å². The highest BCUT2D eigenvalue weighted by atomic mass is 16.5. The Bertz CT molecular complexity index is 599. The number of fused-ring (bicyclic) bond motifs is 1. The van der Waals surface area contributed by atoms with E-state index in [0.29, 0.717) is 11.7 Å². The number of aromatic nitrogens is 2. The second-order valence-corrected chi connectivity index (χ2v) is 3.80. The van der Waals surface area contributed by atoms with Gasteiger partial charge in [0.05, 0.1) is 0 Å². The minimum absolute atomic E-state index is 0.412. The maximum Gasteiger partial charge on any atom is 0.293 e. The van der Waals surface area contributed by atoms with Crippen molar-refractivity contribution in [1.29, 1.82) is 0 Å². The van der Waals surface area contributed by atoms with Crippen molar-refractivity contribution < 1.29 is 8.94 Å². The summed E-state index contributed by atoms with van der Waals surface area (Å²) in [7, 11) is 0. The zero-order chi connectivity index (χ0) is 11.1. The average molecular weight is 214 g/mol. The number of benzene rings is 1. The van der Waals surface area contributed by atoms with E-state index in [2.05, 4.69) is 23.1 Å². The van der Waals surface area contributed by atoms with Crippen LogP contribution >= 0.6 is 0 Å². The van der Waals surface area contributed by atoms with Crippen LogP contribution in [0, 0.1) is 13.8 Å². The number of nitrogens with zero attached hydrogens (tertiary/aromatic N) is 2. The van der Waals surface area contributed by atoms with E-state index in [1.807, 2.05) is 19.1 Å². The van der Waals surface area contributed by atoms with Gasteiger partial charge in [0, 0.05) is 5.39 Å². The van der Waals surface area contributed by atoms with Gasteiger partial charge in [0.2, 0.25) is 0 Å². The van der Waals surface area contributed by atoms with Gasteiger partial charge in [0.15, 0.2) is 12.1 Å². The predicted octanol–water partition coefficient (Wildman–Crippen LogP) is 3.10. The molecule has 0 spiro atoms. The van der Waals surface area contributed by atoms with E-state index >= 15 is 0 Å². The Morgan fingerprint density at radius 2 is 1.94 bits per heavy atom. The van der Waals surface area contributed by atoms with Gasteiger partial charge in [-0.3, -0.25) is 0 Å². The maximum atomic E-state index is 5.73. The highest BCUT2D eigenvalue weighted by Gasteiger charge is 2.13. The van der Waals surface area contributed by atoms with Gasteiger partial charge >= 0.3 is 0 Å². The topological polar surface area (TPSA) is 52.1 Å². The summed E-state index contributed by atoms with van der Waals surface area (Å²) in [5.41, 5.74) is 3.16. The molecular formula is C12H10N2O2. The lowest BCUT2D eigenvalue weighted by molar-refractivity contribution is 0.418. The fourth-order valence-corrected chi connectivity index (χ4v) is 1.78. The van der Waals surface area contributed by atoms with Crippen molar-refractivity contribution in [2.45, 2.75) is 13.8 Å². The van der Waals surface area contributed by atoms with Gasteiger partial charge in [-0.1, -0.05) is 17.3 Å². The summed E-state index contributed by atoms with van der Waals surface area (Å²) < 4.78 is 10.7. The SMILES string of the molecule is Cc1ccc(C)c2oc(-c3ncno3)cc12. The van der Waals surface area contributed by atoms with Crippen LogP contribution in [0.15, 0.2) is 33.5 Å². The lowest BCUT2D eigenvalue weighted by atomic mass is 10.1. The van der Waals surface area contributed by atoms with Gasteiger partial charge in [-0.2, -0.15) is 4.98 Å². The van der Waals surface area contributed by atoms with E-state index < -0.39 is 0 Å². The third-order valence-electron chi connectivity index (χ3n) is 2.67. The minimum Gasteiger partial charge on any atom is -0.451 e. The van der Waals surface area contributed by atoms with E-state index in [9.17, 15) is 0 Å². The second kappa shape index (κ2) is 3.20. The lowest BCUT2D eigenvalue weighted by Crippen LogP contribution is -1.76. The monoisotopic (exact) mass is 214 g/mol. The van der Waals surface area contributed by atoms with Crippen molar-refractivity contribution in [3.05, 3.63) is 35.7 Å². The van der Waals surface area contributed by atoms with Gasteiger partial charge in [0.25, 0.3) is 5.89 Å². The highest BCUT2D eigenvalue weighted by Crippen LogP contribution is 2.30. The first-order valence-electron chi connectivity index (χ1n) is 5.02. The van der Waals surface area contributed by atoms with Gasteiger partial charge < -0.3 is 8.94 Å².